The molecule has 1 atom stereocenters. The van der Waals surface area contributed by atoms with Crippen molar-refractivity contribution in [2.24, 2.45) is 0 Å². The first-order chi connectivity index (χ1) is 19.4. The first kappa shape index (κ1) is 28.0. The smallest absolute Gasteiger partial charge is 0.289 e. The Labute approximate surface area is 238 Å². The van der Waals surface area contributed by atoms with Crippen molar-refractivity contribution < 1.29 is 28.2 Å². The number of imide groups is 1. The quantitative estimate of drug-likeness (QED) is 0.225. The zero-order valence-electron chi connectivity index (χ0n) is 22.6. The molecule has 0 spiro atoms. The van der Waals surface area contributed by atoms with Crippen molar-refractivity contribution in [3.05, 3.63) is 83.4 Å². The second-order valence-electron chi connectivity index (χ2n) is 10.2. The molecule has 8 heteroatoms. The van der Waals surface area contributed by atoms with Crippen LogP contribution in [0.15, 0.2) is 66.7 Å². The summed E-state index contributed by atoms with van der Waals surface area (Å²) in [5.41, 5.74) is 2.57. The molecular weight excluding hydrogens is 529 g/mol. The highest BCUT2D eigenvalue weighted by Gasteiger charge is 2.50. The molecule has 1 aliphatic heterocycles. The SMILES string of the molecule is CCCc1cc(Oc2ccc(C3CCCC3)cc2)ccc1OCCCOc1cccc(C2(F)SC(=O)NC2=O)c1. The highest BCUT2D eigenvalue weighted by molar-refractivity contribution is 8.15. The van der Waals surface area contributed by atoms with Gasteiger partial charge < -0.3 is 14.2 Å². The largest absolute Gasteiger partial charge is 0.493 e. The number of halogens is 1. The van der Waals surface area contributed by atoms with Crippen molar-refractivity contribution >= 4 is 22.9 Å². The van der Waals surface area contributed by atoms with E-state index in [2.05, 4.69) is 31.2 Å². The molecule has 2 fully saturated rings. The van der Waals surface area contributed by atoms with E-state index in [-0.39, 0.29) is 5.56 Å². The third-order valence-corrected chi connectivity index (χ3v) is 8.24. The van der Waals surface area contributed by atoms with Gasteiger partial charge in [-0.3, -0.25) is 14.9 Å². The molecule has 1 unspecified atom stereocenters. The summed E-state index contributed by atoms with van der Waals surface area (Å²) in [6, 6.07) is 20.6. The summed E-state index contributed by atoms with van der Waals surface area (Å²) in [4.78, 5) is 23.3. The average molecular weight is 564 g/mol. The minimum absolute atomic E-state index is 0.0749. The molecule has 1 aliphatic carbocycles. The van der Waals surface area contributed by atoms with Crippen molar-refractivity contribution in [1.82, 2.24) is 5.32 Å². The van der Waals surface area contributed by atoms with E-state index in [0.717, 1.165) is 35.7 Å². The fraction of sp³-hybridized carbons (Fsp3) is 0.375. The molecule has 0 aromatic heterocycles. The van der Waals surface area contributed by atoms with Crippen LogP contribution in [0, 0.1) is 0 Å². The van der Waals surface area contributed by atoms with Crippen molar-refractivity contribution in [2.45, 2.75) is 62.8 Å². The first-order valence-electron chi connectivity index (χ1n) is 13.9. The number of alkyl halides is 1. The Morgan fingerprint density at radius 1 is 0.925 bits per heavy atom. The second-order valence-corrected chi connectivity index (χ2v) is 11.3. The monoisotopic (exact) mass is 563 g/mol. The normalized spacial score (nSPS) is 19.1. The summed E-state index contributed by atoms with van der Waals surface area (Å²) in [7, 11) is 0. The number of ether oxygens (including phenoxy) is 3. The fourth-order valence-electron chi connectivity index (χ4n) is 5.21. The molecule has 0 bridgehead atoms. The predicted octanol–water partition coefficient (Wildman–Crippen LogP) is 8.04. The molecule has 1 saturated heterocycles. The lowest BCUT2D eigenvalue weighted by Crippen LogP contribution is -2.30. The summed E-state index contributed by atoms with van der Waals surface area (Å²) >= 11 is 0.328. The van der Waals surface area contributed by atoms with E-state index >= 15 is 4.39 Å². The third kappa shape index (κ3) is 6.61. The van der Waals surface area contributed by atoms with Gasteiger partial charge in [0.25, 0.3) is 16.1 Å². The molecular formula is C32H34FNO5S. The number of hydrogen-bond donors (Lipinski definition) is 1. The molecule has 1 heterocycles. The van der Waals surface area contributed by atoms with Crippen molar-refractivity contribution in [1.29, 1.82) is 0 Å². The summed E-state index contributed by atoms with van der Waals surface area (Å²) in [6.07, 6.45) is 7.67. The second kappa shape index (κ2) is 12.8. The zero-order valence-corrected chi connectivity index (χ0v) is 23.4. The Bertz CT molecular complexity index is 1340. The molecule has 40 heavy (non-hydrogen) atoms. The van der Waals surface area contributed by atoms with Crippen molar-refractivity contribution in [3.8, 4) is 23.0 Å². The predicted molar refractivity (Wildman–Crippen MR) is 154 cm³/mol. The molecule has 3 aromatic carbocycles. The fourth-order valence-corrected chi connectivity index (χ4v) is 6.00. The molecule has 5 rings (SSSR count). The Morgan fingerprint density at radius 3 is 2.40 bits per heavy atom. The summed E-state index contributed by atoms with van der Waals surface area (Å²) in [5.74, 6) is 2.58. The van der Waals surface area contributed by atoms with Crippen LogP contribution in [0.3, 0.4) is 0 Å². The summed E-state index contributed by atoms with van der Waals surface area (Å²) < 4.78 is 33.0. The minimum atomic E-state index is -2.44. The van der Waals surface area contributed by atoms with Gasteiger partial charge in [0, 0.05) is 12.0 Å². The van der Waals surface area contributed by atoms with Crippen LogP contribution in [-0.2, 0) is 16.2 Å². The number of hydrogen-bond acceptors (Lipinski definition) is 6. The topological polar surface area (TPSA) is 73.9 Å². The van der Waals surface area contributed by atoms with E-state index in [1.165, 1.54) is 43.4 Å². The zero-order chi connectivity index (χ0) is 28.0. The number of carbonyl (C=O) groups excluding carboxylic acids is 2. The highest BCUT2D eigenvalue weighted by atomic mass is 32.2. The number of carbonyl (C=O) groups is 2. The summed E-state index contributed by atoms with van der Waals surface area (Å²) in [5, 5.41) is -1.16. The van der Waals surface area contributed by atoms with Gasteiger partial charge in [0.15, 0.2) is 0 Å². The molecule has 3 aromatic rings. The van der Waals surface area contributed by atoms with Crippen LogP contribution < -0.4 is 19.5 Å². The van der Waals surface area contributed by atoms with Gasteiger partial charge in [-0.1, -0.05) is 50.5 Å². The summed E-state index contributed by atoms with van der Waals surface area (Å²) in [6.45, 7) is 2.92. The van der Waals surface area contributed by atoms with E-state index in [9.17, 15) is 9.59 Å². The van der Waals surface area contributed by atoms with E-state index in [4.69, 9.17) is 14.2 Å². The molecule has 1 N–H and O–H groups in total. The molecule has 2 amide bonds. The van der Waals surface area contributed by atoms with E-state index in [0.29, 0.717) is 43.1 Å². The van der Waals surface area contributed by atoms with Crippen molar-refractivity contribution in [3.63, 3.8) is 0 Å². The maximum atomic E-state index is 15.1. The number of amides is 2. The average Bonchev–Trinajstić information content (AvgIpc) is 3.58. The van der Waals surface area contributed by atoms with Crippen LogP contribution in [0.4, 0.5) is 9.18 Å². The number of nitrogens with one attached hydrogen (secondary N) is 1. The standard InChI is InChI=1S/C32H34FNO5S/c1-2-7-24-20-28(39-26-14-12-23(13-15-26)22-8-3-4-9-22)16-17-29(24)38-19-6-18-37-27-11-5-10-25(21-27)32(33)30(35)34-31(36)40-32/h5,10-17,20-22H,2-4,6-9,18-19H2,1H3,(H,34,35,36). The van der Waals surface area contributed by atoms with Crippen LogP contribution in [0.1, 0.15) is 68.1 Å². The van der Waals surface area contributed by atoms with Gasteiger partial charge in [0.05, 0.1) is 13.2 Å². The number of thioether (sulfide) groups is 1. The third-order valence-electron chi connectivity index (χ3n) is 7.25. The lowest BCUT2D eigenvalue weighted by molar-refractivity contribution is -0.126. The van der Waals surface area contributed by atoms with Crippen molar-refractivity contribution in [2.75, 3.05) is 13.2 Å². The lowest BCUT2D eigenvalue weighted by Gasteiger charge is -2.16. The number of rotatable bonds is 12. The van der Waals surface area contributed by atoms with E-state index in [1.54, 1.807) is 12.1 Å². The Kier molecular flexibility index (Phi) is 8.94. The first-order valence-corrected chi connectivity index (χ1v) is 14.8. The Balaban J connectivity index is 1.12. The number of aryl methyl sites for hydroxylation is 1. The van der Waals surface area contributed by atoms with Gasteiger partial charge in [-0.05, 0) is 90.5 Å². The Hall–Kier alpha value is -3.52. The van der Waals surface area contributed by atoms with E-state index in [1.807, 2.05) is 23.5 Å². The van der Waals surface area contributed by atoms with E-state index < -0.39 is 16.1 Å². The van der Waals surface area contributed by atoms with Gasteiger partial charge in [-0.2, -0.15) is 0 Å². The van der Waals surface area contributed by atoms with Crippen LogP contribution in [0.25, 0.3) is 0 Å². The molecule has 6 nitrogen and oxygen atoms in total. The van der Waals surface area contributed by atoms with Crippen LogP contribution >= 0.6 is 11.8 Å². The minimum Gasteiger partial charge on any atom is -0.493 e. The maximum Gasteiger partial charge on any atom is 0.289 e. The maximum absolute atomic E-state index is 15.1. The molecule has 0 radical (unpaired) electrons. The van der Waals surface area contributed by atoms with Gasteiger partial charge in [0.2, 0.25) is 0 Å². The highest BCUT2D eigenvalue weighted by Crippen LogP contribution is 2.43. The lowest BCUT2D eigenvalue weighted by atomic mass is 9.98. The van der Waals surface area contributed by atoms with Crippen LogP contribution in [-0.4, -0.2) is 24.4 Å². The Morgan fingerprint density at radius 2 is 1.68 bits per heavy atom. The molecule has 210 valence electrons. The van der Waals surface area contributed by atoms with Gasteiger partial charge >= 0.3 is 0 Å². The van der Waals surface area contributed by atoms with Crippen LogP contribution in [0.2, 0.25) is 0 Å². The van der Waals surface area contributed by atoms with Gasteiger partial charge in [-0.15, -0.1) is 0 Å². The van der Waals surface area contributed by atoms with Gasteiger partial charge in [-0.25, -0.2) is 4.39 Å². The molecule has 1 saturated carbocycles. The van der Waals surface area contributed by atoms with Gasteiger partial charge in [0.1, 0.15) is 23.0 Å². The number of benzene rings is 3. The van der Waals surface area contributed by atoms with Crippen LogP contribution in [0.5, 0.6) is 23.0 Å². The molecule has 2 aliphatic rings.